The summed E-state index contributed by atoms with van der Waals surface area (Å²) in [7, 11) is -7.65. The standard InChI is InChI=1S/C30H28BN6.C10H8N2.CH2Cl2.CHF3O3S.Co/c1-22-19-28(25-13-7-4-8-14-25)32-35(22)31(36-23(2)20-29(33-36)26-15-9-5-10-16-26)37-24(3)21-30(34-37)27-17-11-6-12-18-27;1-3-7-11-9(5-1)10-6-2-4-8-12-10;2-1-3;2-1(3,4)8(5,6)7;/h4-21,31H,1-3H3;1-8H;1H2;(H,5,6,7);/q-1;;;;+2/p-1. The average Bonchev–Trinajstić information content (AvgIpc) is 3.96. The zero-order chi connectivity index (χ0) is 43.3. The molecule has 19 heteroatoms. The Morgan fingerprint density at radius 3 is 1.03 bits per heavy atom. The van der Waals surface area contributed by atoms with Crippen molar-refractivity contribution in [1.82, 2.24) is 39.0 Å². The smallest absolute Gasteiger partial charge is 0.741 e. The number of aryl methyl sites for hydroxylation is 3. The first-order valence-corrected chi connectivity index (χ1v) is 20.7. The maximum absolute atomic E-state index is 10.7. The Hall–Kier alpha value is -5.56. The van der Waals surface area contributed by atoms with Gasteiger partial charge in [-0.05, 0) is 80.3 Å². The SMILES string of the molecule is Cc1cc(-c2ccccc2)nn1[BH-](n1nc(-c2ccccc2)cc1C)n1nc(-c2ccccc2)cc1C.ClCCl.O=S(=O)([O-])C(F)(F)F.[Co+2].c1ccc(-c2ccccn2)nc1. The van der Waals surface area contributed by atoms with Crippen molar-refractivity contribution in [1.29, 1.82) is 0 Å². The van der Waals surface area contributed by atoms with Crippen LogP contribution in [0.15, 0.2) is 158 Å². The number of benzene rings is 3. The summed E-state index contributed by atoms with van der Waals surface area (Å²) in [6, 6.07) is 48.9. The Morgan fingerprint density at radius 2 is 0.803 bits per heavy atom. The van der Waals surface area contributed by atoms with Crippen molar-refractivity contribution in [3.63, 3.8) is 0 Å². The second-order valence-corrected chi connectivity index (χ2v) is 15.1. The zero-order valence-corrected chi connectivity index (χ0v) is 36.2. The summed E-state index contributed by atoms with van der Waals surface area (Å²) in [6.07, 6.45) is 3.54. The predicted octanol–water partition coefficient (Wildman–Crippen LogP) is 9.48. The molecule has 0 N–H and O–H groups in total. The molecule has 0 saturated heterocycles. The summed E-state index contributed by atoms with van der Waals surface area (Å²) in [5.74, 6) is 0. The van der Waals surface area contributed by atoms with Crippen LogP contribution in [0.5, 0.6) is 0 Å². The summed E-state index contributed by atoms with van der Waals surface area (Å²) in [6.45, 7) is 6.31. The van der Waals surface area contributed by atoms with Gasteiger partial charge in [-0.25, -0.2) is 23.7 Å². The molecule has 0 saturated carbocycles. The van der Waals surface area contributed by atoms with Gasteiger partial charge in [0.05, 0.1) is 33.8 Å². The Bertz CT molecular complexity index is 2430. The zero-order valence-electron chi connectivity index (χ0n) is 32.9. The van der Waals surface area contributed by atoms with Crippen molar-refractivity contribution in [2.75, 3.05) is 5.34 Å². The number of alkyl halides is 5. The first-order valence-electron chi connectivity index (χ1n) is 18.2. The topological polar surface area (TPSA) is 136 Å². The van der Waals surface area contributed by atoms with Crippen LogP contribution < -0.4 is 0 Å². The molecular formula is C42H38BCl2CoF3N8O3S. The number of nitrogens with zero attached hydrogens (tertiary/aromatic N) is 8. The predicted molar refractivity (Wildman–Crippen MR) is 230 cm³/mol. The molecule has 0 fully saturated rings. The summed E-state index contributed by atoms with van der Waals surface area (Å²) < 4.78 is 65.2. The molecule has 0 atom stereocenters. The van der Waals surface area contributed by atoms with E-state index in [1.807, 2.05) is 91.0 Å². The third-order valence-corrected chi connectivity index (χ3v) is 9.40. The van der Waals surface area contributed by atoms with Crippen molar-refractivity contribution in [2.24, 2.45) is 0 Å². The molecule has 0 spiro atoms. The van der Waals surface area contributed by atoms with Gasteiger partial charge >= 0.3 is 29.4 Å². The minimum absolute atomic E-state index is 0. The van der Waals surface area contributed by atoms with Crippen LogP contribution in [-0.2, 0) is 26.9 Å². The Balaban J connectivity index is 0.000000279. The van der Waals surface area contributed by atoms with E-state index in [9.17, 15) is 13.2 Å². The number of aromatic nitrogens is 8. The summed E-state index contributed by atoms with van der Waals surface area (Å²) in [5.41, 5.74) is 5.46. The van der Waals surface area contributed by atoms with Gasteiger partial charge in [0, 0.05) is 29.1 Å². The first-order chi connectivity index (χ1) is 28.7. The van der Waals surface area contributed by atoms with Gasteiger partial charge in [-0.3, -0.25) is 9.97 Å². The van der Waals surface area contributed by atoms with E-state index in [4.69, 9.17) is 51.5 Å². The summed E-state index contributed by atoms with van der Waals surface area (Å²) in [4.78, 5) is 8.37. The third-order valence-electron chi connectivity index (χ3n) is 8.83. The number of rotatable bonds is 7. The molecule has 3 aromatic carbocycles. The molecule has 0 aliphatic heterocycles. The van der Waals surface area contributed by atoms with E-state index in [1.54, 1.807) is 12.4 Å². The van der Waals surface area contributed by atoms with Crippen LogP contribution in [0.4, 0.5) is 13.2 Å². The molecule has 5 aromatic heterocycles. The van der Waals surface area contributed by atoms with Crippen LogP contribution >= 0.6 is 23.2 Å². The monoisotopic (exact) mass is 931 g/mol. The number of pyridine rings is 2. The molecular weight excluding hydrogens is 894 g/mol. The van der Waals surface area contributed by atoms with Gasteiger partial charge in [-0.1, -0.05) is 103 Å². The van der Waals surface area contributed by atoms with Crippen LogP contribution in [0.2, 0.25) is 0 Å². The molecule has 8 rings (SSSR count). The molecule has 61 heavy (non-hydrogen) atoms. The third kappa shape index (κ3) is 13.0. The molecule has 11 nitrogen and oxygen atoms in total. The van der Waals surface area contributed by atoms with Crippen molar-refractivity contribution < 1.29 is 42.9 Å². The van der Waals surface area contributed by atoms with Gasteiger partial charge in [-0.2, -0.15) is 13.2 Å². The Morgan fingerprint density at radius 1 is 0.541 bits per heavy atom. The van der Waals surface area contributed by atoms with Crippen molar-refractivity contribution in [3.05, 3.63) is 175 Å². The van der Waals surface area contributed by atoms with E-state index < -0.39 is 22.7 Å². The molecule has 0 unspecified atom stereocenters. The number of hydrogen-bond donors (Lipinski definition) is 0. The number of halogens is 5. The average molecular weight is 933 g/mol. The fraction of sp³-hybridized carbons (Fsp3) is 0.119. The van der Waals surface area contributed by atoms with Gasteiger partial charge in [-0.15, -0.1) is 23.2 Å². The maximum atomic E-state index is 10.7. The minimum Gasteiger partial charge on any atom is -0.741 e. The molecule has 317 valence electrons. The summed E-state index contributed by atoms with van der Waals surface area (Å²) >= 11 is 9.53. The quantitative estimate of drug-likeness (QED) is 0.0668. The Kier molecular flexibility index (Phi) is 17.6. The van der Waals surface area contributed by atoms with Crippen LogP contribution in [0.25, 0.3) is 45.2 Å². The van der Waals surface area contributed by atoms with Gasteiger partial charge in [0.15, 0.2) is 10.1 Å². The van der Waals surface area contributed by atoms with E-state index in [0.717, 1.165) is 62.2 Å². The van der Waals surface area contributed by atoms with Gasteiger partial charge in [0.2, 0.25) is 0 Å². The fourth-order valence-corrected chi connectivity index (χ4v) is 6.05. The van der Waals surface area contributed by atoms with Crippen LogP contribution in [0.3, 0.4) is 0 Å². The fourth-order valence-electron chi connectivity index (χ4n) is 6.05. The molecule has 0 amide bonds. The van der Waals surface area contributed by atoms with Crippen molar-refractivity contribution in [2.45, 2.75) is 26.3 Å². The van der Waals surface area contributed by atoms with Crippen LogP contribution in [-0.4, -0.2) is 70.0 Å². The molecule has 8 aromatic rings. The normalized spacial score (nSPS) is 10.9. The second kappa shape index (κ2) is 22.3. The molecule has 1 radical (unpaired) electrons. The largest absolute Gasteiger partial charge is 2.00 e. The molecule has 0 bridgehead atoms. The molecule has 5 heterocycles. The second-order valence-electron chi connectivity index (χ2n) is 13.0. The minimum atomic E-state index is -6.09. The Labute approximate surface area is 372 Å². The molecule has 0 aliphatic rings. The van der Waals surface area contributed by atoms with E-state index >= 15 is 0 Å². The first kappa shape index (κ1) is 48.1. The van der Waals surface area contributed by atoms with Gasteiger partial charge in [0.25, 0.3) is 0 Å². The van der Waals surface area contributed by atoms with Gasteiger partial charge in [0.1, 0.15) is 0 Å². The van der Waals surface area contributed by atoms with Crippen LogP contribution in [0.1, 0.15) is 17.1 Å². The van der Waals surface area contributed by atoms with E-state index in [2.05, 4.69) is 99.1 Å². The summed E-state index contributed by atoms with van der Waals surface area (Å²) in [5, 5.41) is 15.5. The number of hydrogen-bond acceptors (Lipinski definition) is 8. The maximum Gasteiger partial charge on any atom is 2.00 e. The molecule has 0 aliphatic carbocycles. The van der Waals surface area contributed by atoms with E-state index in [1.165, 1.54) is 0 Å². The van der Waals surface area contributed by atoms with Crippen LogP contribution in [0, 0.1) is 20.8 Å². The van der Waals surface area contributed by atoms with E-state index in [0.29, 0.717) is 0 Å². The van der Waals surface area contributed by atoms with E-state index in [-0.39, 0.29) is 22.1 Å². The van der Waals surface area contributed by atoms with Crippen molar-refractivity contribution >= 4 is 40.4 Å². The van der Waals surface area contributed by atoms with Gasteiger partial charge < -0.3 is 18.3 Å². The van der Waals surface area contributed by atoms with Crippen molar-refractivity contribution in [3.8, 4) is 45.2 Å².